The molecule has 0 aliphatic rings. The minimum Gasteiger partial charge on any atom is -0.453 e. The van der Waals surface area contributed by atoms with E-state index in [9.17, 15) is 0 Å². The summed E-state index contributed by atoms with van der Waals surface area (Å²) in [4.78, 5) is 1.19. The van der Waals surface area contributed by atoms with Gasteiger partial charge in [0.1, 0.15) is 5.76 Å². The molecule has 0 radical (unpaired) electrons. The Bertz CT molecular complexity index is 729. The van der Waals surface area contributed by atoms with Gasteiger partial charge in [-0.2, -0.15) is 0 Å². The molecule has 2 nitrogen and oxygen atoms in total. The molecule has 0 aliphatic carbocycles. The topological polar surface area (TPSA) is 25.2 Å². The Kier molecular flexibility index (Phi) is 4.54. The molecule has 1 aromatic heterocycles. The van der Waals surface area contributed by atoms with Gasteiger partial charge < -0.3 is 9.73 Å². The van der Waals surface area contributed by atoms with Crippen molar-refractivity contribution >= 4 is 17.4 Å². The Labute approximate surface area is 135 Å². The first kappa shape index (κ1) is 14.8. The molecule has 22 heavy (non-hydrogen) atoms. The fourth-order valence-electron chi connectivity index (χ4n) is 2.09. The van der Waals surface area contributed by atoms with E-state index in [1.807, 2.05) is 12.1 Å². The third-order valence-corrected chi connectivity index (χ3v) is 4.32. The van der Waals surface area contributed by atoms with Crippen LogP contribution in [-0.2, 0) is 6.54 Å². The molecule has 1 N–H and O–H groups in total. The van der Waals surface area contributed by atoms with Crippen molar-refractivity contribution in [1.82, 2.24) is 0 Å². The molecule has 1 heterocycles. The molecule has 3 heteroatoms. The number of nitrogens with one attached hydrogen (secondary N) is 1. The van der Waals surface area contributed by atoms with Gasteiger partial charge in [-0.1, -0.05) is 47.2 Å². The molecule has 0 unspecified atom stereocenters. The smallest absolute Gasteiger partial charge is 0.165 e. The Morgan fingerprint density at radius 1 is 0.818 bits per heavy atom. The molecule has 0 saturated heterocycles. The maximum atomic E-state index is 5.86. The van der Waals surface area contributed by atoms with Gasteiger partial charge in [0.2, 0.25) is 0 Å². The number of benzene rings is 2. The first-order valence-corrected chi connectivity index (χ1v) is 8.14. The zero-order chi connectivity index (χ0) is 15.4. The van der Waals surface area contributed by atoms with Crippen molar-refractivity contribution < 1.29 is 4.42 Å². The van der Waals surface area contributed by atoms with Crippen LogP contribution < -0.4 is 5.32 Å². The monoisotopic (exact) mass is 309 g/mol. The van der Waals surface area contributed by atoms with E-state index < -0.39 is 0 Å². The Morgan fingerprint density at radius 3 is 2.14 bits per heavy atom. The van der Waals surface area contributed by atoms with Crippen LogP contribution >= 0.6 is 11.8 Å². The fraction of sp³-hybridized carbons (Fsp3) is 0.158. The van der Waals surface area contributed by atoms with Crippen LogP contribution in [0.25, 0.3) is 0 Å². The van der Waals surface area contributed by atoms with E-state index >= 15 is 0 Å². The van der Waals surface area contributed by atoms with E-state index in [0.29, 0.717) is 6.54 Å². The number of anilines is 1. The van der Waals surface area contributed by atoms with Crippen LogP contribution in [-0.4, -0.2) is 0 Å². The molecule has 0 spiro atoms. The van der Waals surface area contributed by atoms with Crippen LogP contribution in [0.15, 0.2) is 75.1 Å². The van der Waals surface area contributed by atoms with Crippen LogP contribution in [0.5, 0.6) is 0 Å². The third kappa shape index (κ3) is 3.95. The molecule has 0 atom stereocenters. The highest BCUT2D eigenvalue weighted by molar-refractivity contribution is 7.99. The number of hydrogen-bond donors (Lipinski definition) is 1. The van der Waals surface area contributed by atoms with E-state index in [1.165, 1.54) is 16.0 Å². The second-order valence-corrected chi connectivity index (χ2v) is 6.43. The lowest BCUT2D eigenvalue weighted by atomic mass is 10.2. The van der Waals surface area contributed by atoms with Gasteiger partial charge in [-0.3, -0.25) is 0 Å². The van der Waals surface area contributed by atoms with Crippen molar-refractivity contribution in [2.75, 3.05) is 5.32 Å². The van der Waals surface area contributed by atoms with Gasteiger partial charge in [0.05, 0.1) is 6.54 Å². The molecule has 0 fully saturated rings. The first-order valence-electron chi connectivity index (χ1n) is 7.33. The van der Waals surface area contributed by atoms with Gasteiger partial charge >= 0.3 is 0 Å². The Morgan fingerprint density at radius 2 is 1.45 bits per heavy atom. The summed E-state index contributed by atoms with van der Waals surface area (Å²) in [5, 5.41) is 4.29. The van der Waals surface area contributed by atoms with Crippen molar-refractivity contribution in [2.24, 2.45) is 0 Å². The summed E-state index contributed by atoms with van der Waals surface area (Å²) in [5.74, 6) is 0.940. The Balaban J connectivity index is 1.59. The van der Waals surface area contributed by atoms with E-state index in [2.05, 4.69) is 67.7 Å². The van der Waals surface area contributed by atoms with Gasteiger partial charge in [0.25, 0.3) is 0 Å². The van der Waals surface area contributed by atoms with Gasteiger partial charge in [-0.15, -0.1) is 0 Å². The molecular formula is C19H19NOS. The normalized spacial score (nSPS) is 10.6. The van der Waals surface area contributed by atoms with E-state index in [1.54, 1.807) is 11.8 Å². The van der Waals surface area contributed by atoms with E-state index in [4.69, 9.17) is 4.42 Å². The van der Waals surface area contributed by atoms with Crippen LogP contribution in [0, 0.1) is 13.8 Å². The summed E-state index contributed by atoms with van der Waals surface area (Å²) in [6, 6.07) is 20.9. The van der Waals surface area contributed by atoms with Crippen molar-refractivity contribution in [1.29, 1.82) is 0 Å². The second kappa shape index (κ2) is 6.75. The molecule has 2 aromatic carbocycles. The predicted molar refractivity (Wildman–Crippen MR) is 92.5 cm³/mol. The quantitative estimate of drug-likeness (QED) is 0.658. The van der Waals surface area contributed by atoms with Crippen molar-refractivity contribution in [2.45, 2.75) is 30.4 Å². The molecule has 0 aliphatic heterocycles. The van der Waals surface area contributed by atoms with Gasteiger partial charge in [0.15, 0.2) is 5.09 Å². The average Bonchev–Trinajstić information content (AvgIpc) is 2.97. The zero-order valence-electron chi connectivity index (χ0n) is 12.8. The number of aryl methyl sites for hydroxylation is 2. The Hall–Kier alpha value is -2.13. The lowest BCUT2D eigenvalue weighted by molar-refractivity contribution is 0.437. The maximum absolute atomic E-state index is 5.86. The maximum Gasteiger partial charge on any atom is 0.165 e. The highest BCUT2D eigenvalue weighted by atomic mass is 32.2. The summed E-state index contributed by atoms with van der Waals surface area (Å²) in [6.45, 7) is 4.87. The molecule has 112 valence electrons. The predicted octanol–water partition coefficient (Wildman–Crippen LogP) is 5.66. The number of furan rings is 1. The van der Waals surface area contributed by atoms with E-state index in [0.717, 1.165) is 16.5 Å². The summed E-state index contributed by atoms with van der Waals surface area (Å²) < 4.78 is 5.86. The molecule has 3 aromatic rings. The largest absolute Gasteiger partial charge is 0.453 e. The second-order valence-electron chi connectivity index (χ2n) is 5.36. The van der Waals surface area contributed by atoms with Gasteiger partial charge in [-0.05, 0) is 50.2 Å². The lowest BCUT2D eigenvalue weighted by Gasteiger charge is -2.04. The fourth-order valence-corrected chi connectivity index (χ4v) is 2.88. The highest BCUT2D eigenvalue weighted by Crippen LogP contribution is 2.29. The standard InChI is InChI=1S/C19H19NOS/c1-14-3-7-16(8-4-14)20-13-17-9-12-19(21-17)22-18-10-5-15(2)6-11-18/h3-12,20H,13H2,1-2H3. The van der Waals surface area contributed by atoms with Gasteiger partial charge in [-0.25, -0.2) is 0 Å². The lowest BCUT2D eigenvalue weighted by Crippen LogP contribution is -1.97. The summed E-state index contributed by atoms with van der Waals surface area (Å²) >= 11 is 1.65. The number of rotatable bonds is 5. The summed E-state index contributed by atoms with van der Waals surface area (Å²) in [6.07, 6.45) is 0. The average molecular weight is 309 g/mol. The van der Waals surface area contributed by atoms with Crippen molar-refractivity contribution in [3.63, 3.8) is 0 Å². The van der Waals surface area contributed by atoms with Crippen LogP contribution in [0.3, 0.4) is 0 Å². The molecule has 0 bridgehead atoms. The molecular weight excluding hydrogens is 290 g/mol. The molecule has 0 amide bonds. The zero-order valence-corrected chi connectivity index (χ0v) is 13.6. The minimum absolute atomic E-state index is 0.692. The molecule has 0 saturated carbocycles. The van der Waals surface area contributed by atoms with Crippen molar-refractivity contribution in [3.8, 4) is 0 Å². The minimum atomic E-state index is 0.692. The number of hydrogen-bond acceptors (Lipinski definition) is 3. The van der Waals surface area contributed by atoms with Crippen LogP contribution in [0.4, 0.5) is 5.69 Å². The first-order chi connectivity index (χ1) is 10.7. The molecule has 3 rings (SSSR count). The van der Waals surface area contributed by atoms with Crippen molar-refractivity contribution in [3.05, 3.63) is 77.6 Å². The highest BCUT2D eigenvalue weighted by Gasteiger charge is 2.04. The third-order valence-electron chi connectivity index (χ3n) is 3.39. The van der Waals surface area contributed by atoms with Gasteiger partial charge in [0, 0.05) is 10.6 Å². The van der Waals surface area contributed by atoms with Crippen LogP contribution in [0.1, 0.15) is 16.9 Å². The van der Waals surface area contributed by atoms with Crippen LogP contribution in [0.2, 0.25) is 0 Å². The summed E-state index contributed by atoms with van der Waals surface area (Å²) in [7, 11) is 0. The summed E-state index contributed by atoms with van der Waals surface area (Å²) in [5.41, 5.74) is 3.64. The SMILES string of the molecule is Cc1ccc(NCc2ccc(Sc3ccc(C)cc3)o2)cc1. The van der Waals surface area contributed by atoms with E-state index in [-0.39, 0.29) is 0 Å².